The van der Waals surface area contributed by atoms with Crippen LogP contribution in [-0.2, 0) is 6.54 Å². The van der Waals surface area contributed by atoms with Gasteiger partial charge in [-0.25, -0.2) is 4.79 Å². The van der Waals surface area contributed by atoms with Gasteiger partial charge in [-0.15, -0.1) is 0 Å². The monoisotopic (exact) mass is 261 g/mol. The van der Waals surface area contributed by atoms with Crippen LogP contribution in [0.1, 0.15) is 11.7 Å². The summed E-state index contributed by atoms with van der Waals surface area (Å²) < 4.78 is 9.77. The average molecular weight is 261 g/mol. The first kappa shape index (κ1) is 11.3. The molecule has 2 aromatic heterocycles. The van der Waals surface area contributed by atoms with Crippen molar-refractivity contribution in [3.05, 3.63) is 34.4 Å². The van der Waals surface area contributed by atoms with Gasteiger partial charge in [0.05, 0.1) is 23.4 Å². The van der Waals surface area contributed by atoms with Crippen LogP contribution in [0.15, 0.2) is 25.9 Å². The molecule has 1 aromatic carbocycles. The molecule has 98 valence electrons. The zero-order valence-corrected chi connectivity index (χ0v) is 10.1. The van der Waals surface area contributed by atoms with Gasteiger partial charge in [0.2, 0.25) is 5.89 Å². The number of oxazole rings is 1. The second kappa shape index (κ2) is 4.16. The zero-order valence-electron chi connectivity index (χ0n) is 10.1. The first-order chi connectivity index (χ1) is 9.11. The predicted octanol–water partition coefficient (Wildman–Crippen LogP) is 1.01. The molecule has 2 heterocycles. The number of fused-ring (bicyclic) bond motifs is 1. The molecule has 0 aliphatic heterocycles. The predicted molar refractivity (Wildman–Crippen MR) is 67.6 cm³/mol. The molecule has 0 fully saturated rings. The summed E-state index contributed by atoms with van der Waals surface area (Å²) in [7, 11) is 0. The van der Waals surface area contributed by atoms with Crippen molar-refractivity contribution in [1.29, 1.82) is 0 Å². The van der Waals surface area contributed by atoms with Gasteiger partial charge in [-0.3, -0.25) is 4.98 Å². The molecule has 19 heavy (non-hydrogen) atoms. The van der Waals surface area contributed by atoms with E-state index in [2.05, 4.69) is 20.4 Å². The van der Waals surface area contributed by atoms with Crippen molar-refractivity contribution in [2.45, 2.75) is 13.5 Å². The summed E-state index contributed by atoms with van der Waals surface area (Å²) in [5.74, 6) is 0.511. The van der Waals surface area contributed by atoms with Gasteiger partial charge in [0, 0.05) is 13.0 Å². The number of hydrogen-bond donors (Lipinski definition) is 3. The van der Waals surface area contributed by atoms with Crippen LogP contribution in [0.5, 0.6) is 0 Å². The molecule has 0 aliphatic rings. The van der Waals surface area contributed by atoms with Gasteiger partial charge in [0.25, 0.3) is 0 Å². The number of aromatic nitrogens is 3. The van der Waals surface area contributed by atoms with E-state index in [0.29, 0.717) is 40.7 Å². The van der Waals surface area contributed by atoms with E-state index >= 15 is 0 Å². The number of nitrogens with two attached hydrogens (primary N) is 1. The minimum atomic E-state index is -0.514. The van der Waals surface area contributed by atoms with E-state index < -0.39 is 5.76 Å². The van der Waals surface area contributed by atoms with Crippen LogP contribution in [0, 0.1) is 6.92 Å². The van der Waals surface area contributed by atoms with Crippen LogP contribution in [-0.4, -0.2) is 15.1 Å². The normalized spacial score (nSPS) is 11.0. The highest BCUT2D eigenvalue weighted by molar-refractivity contribution is 5.85. The number of hydrogen-bond acceptors (Lipinski definition) is 7. The Morgan fingerprint density at radius 1 is 1.47 bits per heavy atom. The Bertz CT molecular complexity index is 785. The third-order valence-electron chi connectivity index (χ3n) is 2.60. The van der Waals surface area contributed by atoms with Crippen molar-refractivity contribution in [3.63, 3.8) is 0 Å². The summed E-state index contributed by atoms with van der Waals surface area (Å²) in [5, 5.41) is 6.83. The van der Waals surface area contributed by atoms with Gasteiger partial charge in [0.1, 0.15) is 0 Å². The molecule has 0 atom stereocenters. The number of rotatable bonds is 3. The van der Waals surface area contributed by atoms with Crippen molar-refractivity contribution < 1.29 is 8.94 Å². The second-order valence-corrected chi connectivity index (χ2v) is 4.03. The summed E-state index contributed by atoms with van der Waals surface area (Å²) in [4.78, 5) is 17.7. The van der Waals surface area contributed by atoms with Gasteiger partial charge in [-0.1, -0.05) is 5.16 Å². The Morgan fingerprint density at radius 3 is 3.05 bits per heavy atom. The summed E-state index contributed by atoms with van der Waals surface area (Å²) in [5.41, 5.74) is 7.98. The standard InChI is InChI=1S/C11H11N5O3/c1-5-14-10(16-19-5)4-13-7-3-8-9(2-6(7)12)18-11(17)15-8/h2-3,13H,4,12H2,1H3,(H,15,17). The molecule has 0 aliphatic carbocycles. The summed E-state index contributed by atoms with van der Waals surface area (Å²) in [6.45, 7) is 2.09. The quantitative estimate of drug-likeness (QED) is 0.601. The van der Waals surface area contributed by atoms with Gasteiger partial charge in [-0.05, 0) is 6.07 Å². The molecule has 0 bridgehead atoms. The molecule has 3 rings (SSSR count). The Labute approximate surface area is 106 Å². The van der Waals surface area contributed by atoms with E-state index in [4.69, 9.17) is 14.7 Å². The molecule has 0 amide bonds. The number of aromatic amines is 1. The van der Waals surface area contributed by atoms with Gasteiger partial charge in [0.15, 0.2) is 11.4 Å². The second-order valence-electron chi connectivity index (χ2n) is 4.03. The van der Waals surface area contributed by atoms with Crippen LogP contribution < -0.4 is 16.8 Å². The van der Waals surface area contributed by atoms with Crippen molar-refractivity contribution in [1.82, 2.24) is 15.1 Å². The van der Waals surface area contributed by atoms with E-state index in [1.165, 1.54) is 0 Å². The summed E-state index contributed by atoms with van der Waals surface area (Å²) in [6.07, 6.45) is 0. The van der Waals surface area contributed by atoms with Crippen LogP contribution in [0.2, 0.25) is 0 Å². The number of nitrogen functional groups attached to an aromatic ring is 1. The van der Waals surface area contributed by atoms with E-state index in [9.17, 15) is 4.79 Å². The van der Waals surface area contributed by atoms with Gasteiger partial charge >= 0.3 is 5.76 Å². The molecule has 0 saturated carbocycles. The summed E-state index contributed by atoms with van der Waals surface area (Å²) >= 11 is 0. The molecule has 0 spiro atoms. The minimum absolute atomic E-state index is 0.370. The largest absolute Gasteiger partial charge is 0.417 e. The fraction of sp³-hybridized carbons (Fsp3) is 0.182. The first-order valence-corrected chi connectivity index (χ1v) is 5.57. The Hall–Kier alpha value is -2.77. The van der Waals surface area contributed by atoms with E-state index in [-0.39, 0.29) is 0 Å². The lowest BCUT2D eigenvalue weighted by atomic mass is 10.2. The Balaban J connectivity index is 1.87. The van der Waals surface area contributed by atoms with Crippen LogP contribution in [0.4, 0.5) is 11.4 Å². The highest BCUT2D eigenvalue weighted by atomic mass is 16.5. The highest BCUT2D eigenvalue weighted by Gasteiger charge is 2.08. The lowest BCUT2D eigenvalue weighted by Gasteiger charge is -2.06. The maximum absolute atomic E-state index is 11.1. The maximum Gasteiger partial charge on any atom is 0.417 e. The smallest absolute Gasteiger partial charge is 0.408 e. The molecule has 8 nitrogen and oxygen atoms in total. The van der Waals surface area contributed by atoms with Gasteiger partial charge < -0.3 is 20.0 Å². The number of benzene rings is 1. The molecule has 4 N–H and O–H groups in total. The lowest BCUT2D eigenvalue weighted by molar-refractivity contribution is 0.388. The van der Waals surface area contributed by atoms with Gasteiger partial charge in [-0.2, -0.15) is 4.98 Å². The number of nitrogens with one attached hydrogen (secondary N) is 2. The molecule has 0 radical (unpaired) electrons. The van der Waals surface area contributed by atoms with Crippen molar-refractivity contribution >= 4 is 22.5 Å². The topological polar surface area (TPSA) is 123 Å². The molecule has 0 saturated heterocycles. The molecule has 0 unspecified atom stereocenters. The molecular formula is C11H11N5O3. The summed E-state index contributed by atoms with van der Waals surface area (Å²) in [6, 6.07) is 3.28. The zero-order chi connectivity index (χ0) is 13.4. The van der Waals surface area contributed by atoms with Crippen molar-refractivity contribution in [2.24, 2.45) is 0 Å². The Kier molecular flexibility index (Phi) is 2.48. The number of nitrogens with zero attached hydrogens (tertiary/aromatic N) is 2. The van der Waals surface area contributed by atoms with Crippen LogP contribution in [0.25, 0.3) is 11.1 Å². The molecule has 8 heteroatoms. The number of anilines is 2. The SMILES string of the molecule is Cc1nc(CNc2cc3[nH]c(=O)oc3cc2N)no1. The molecular weight excluding hydrogens is 250 g/mol. The average Bonchev–Trinajstić information content (AvgIpc) is 2.91. The highest BCUT2D eigenvalue weighted by Crippen LogP contribution is 2.24. The third-order valence-corrected chi connectivity index (χ3v) is 2.60. The fourth-order valence-corrected chi connectivity index (χ4v) is 1.75. The van der Waals surface area contributed by atoms with Crippen LogP contribution >= 0.6 is 0 Å². The number of aryl methyl sites for hydroxylation is 1. The minimum Gasteiger partial charge on any atom is -0.408 e. The third kappa shape index (κ3) is 2.15. The van der Waals surface area contributed by atoms with Crippen LogP contribution in [0.3, 0.4) is 0 Å². The lowest BCUT2D eigenvalue weighted by Crippen LogP contribution is -2.04. The van der Waals surface area contributed by atoms with E-state index in [0.717, 1.165) is 0 Å². The van der Waals surface area contributed by atoms with E-state index in [1.807, 2.05) is 0 Å². The first-order valence-electron chi connectivity index (χ1n) is 5.57. The van der Waals surface area contributed by atoms with Crippen molar-refractivity contribution in [2.75, 3.05) is 11.1 Å². The maximum atomic E-state index is 11.1. The number of H-pyrrole nitrogens is 1. The molecule has 3 aromatic rings. The fourth-order valence-electron chi connectivity index (χ4n) is 1.75. The van der Waals surface area contributed by atoms with E-state index in [1.54, 1.807) is 19.1 Å². The van der Waals surface area contributed by atoms with Crippen molar-refractivity contribution in [3.8, 4) is 0 Å². The Morgan fingerprint density at radius 2 is 2.32 bits per heavy atom.